The highest BCUT2D eigenvalue weighted by atomic mass is 32.2. The molecule has 0 aliphatic rings. The summed E-state index contributed by atoms with van der Waals surface area (Å²) in [6, 6.07) is 3.80. The van der Waals surface area contributed by atoms with Crippen molar-refractivity contribution in [2.24, 2.45) is 0 Å². The number of aromatic nitrogens is 3. The lowest BCUT2D eigenvalue weighted by atomic mass is 10.0. The van der Waals surface area contributed by atoms with Gasteiger partial charge in [0.1, 0.15) is 5.82 Å². The molecule has 0 saturated carbocycles. The number of rotatable bonds is 8. The summed E-state index contributed by atoms with van der Waals surface area (Å²) in [6.45, 7) is 4.26. The number of allylic oxidation sites excluding steroid dienone is 2. The van der Waals surface area contributed by atoms with Crippen molar-refractivity contribution in [2.45, 2.75) is 30.3 Å². The van der Waals surface area contributed by atoms with Gasteiger partial charge in [-0.15, -0.1) is 0 Å². The Hall–Kier alpha value is -2.25. The minimum Gasteiger partial charge on any atom is -0.395 e. The van der Waals surface area contributed by atoms with E-state index < -0.39 is 0 Å². The number of aliphatic hydroxyl groups excluding tert-OH is 1. The van der Waals surface area contributed by atoms with Crippen molar-refractivity contribution in [3.63, 3.8) is 0 Å². The van der Waals surface area contributed by atoms with Crippen molar-refractivity contribution in [1.82, 2.24) is 15.0 Å². The lowest BCUT2D eigenvalue weighted by molar-refractivity contribution is -0.103. The summed E-state index contributed by atoms with van der Waals surface area (Å²) in [4.78, 5) is 27.6. The Morgan fingerprint density at radius 1 is 1.40 bits per heavy atom. The summed E-state index contributed by atoms with van der Waals surface area (Å²) in [6.07, 6.45) is 6.90. The lowest BCUT2D eigenvalue weighted by Gasteiger charge is -2.22. The van der Waals surface area contributed by atoms with Crippen LogP contribution in [0.3, 0.4) is 0 Å². The van der Waals surface area contributed by atoms with Gasteiger partial charge in [-0.25, -0.2) is 9.97 Å². The van der Waals surface area contributed by atoms with E-state index in [2.05, 4.69) is 15.0 Å². The first-order valence-corrected chi connectivity index (χ1v) is 8.86. The van der Waals surface area contributed by atoms with Crippen molar-refractivity contribution in [1.29, 1.82) is 0 Å². The third-order valence-corrected chi connectivity index (χ3v) is 4.37. The zero-order chi connectivity index (χ0) is 18.2. The molecule has 2 aromatic rings. The van der Waals surface area contributed by atoms with Crippen LogP contribution in [0.2, 0.25) is 0 Å². The van der Waals surface area contributed by atoms with Crippen LogP contribution in [0.5, 0.6) is 0 Å². The predicted molar refractivity (Wildman–Crippen MR) is 99.8 cm³/mol. The number of aldehydes is 1. The van der Waals surface area contributed by atoms with Crippen LogP contribution in [0.25, 0.3) is 5.57 Å². The second-order valence-corrected chi connectivity index (χ2v) is 6.45. The molecule has 0 aliphatic heterocycles. The largest absolute Gasteiger partial charge is 0.395 e. The number of hydrogen-bond donors (Lipinski definition) is 1. The SMILES string of the molecule is CC/C=C(\C=O)c1c(C)nc(Sc2cccnc2)nc1N(C)CCO. The fourth-order valence-electron chi connectivity index (χ4n) is 2.39. The summed E-state index contributed by atoms with van der Waals surface area (Å²) in [5.41, 5.74) is 2.01. The number of aryl methyl sites for hydroxylation is 1. The maximum absolute atomic E-state index is 11.6. The summed E-state index contributed by atoms with van der Waals surface area (Å²) in [7, 11) is 1.84. The molecule has 2 heterocycles. The minimum absolute atomic E-state index is 0.00200. The standard InChI is InChI=1S/C18H22N4O2S/c1-4-6-14(12-24)16-13(2)20-18(21-17(16)22(3)9-10-23)25-15-7-5-8-19-11-15/h5-8,11-12,23H,4,9-10H2,1-3H3/b14-6+. The van der Waals surface area contributed by atoms with E-state index in [1.54, 1.807) is 12.4 Å². The highest BCUT2D eigenvalue weighted by molar-refractivity contribution is 7.99. The Morgan fingerprint density at radius 3 is 2.80 bits per heavy atom. The minimum atomic E-state index is -0.00200. The van der Waals surface area contributed by atoms with E-state index in [9.17, 15) is 9.90 Å². The first kappa shape index (κ1) is 19.1. The molecule has 0 fully saturated rings. The van der Waals surface area contributed by atoms with Crippen LogP contribution in [-0.2, 0) is 4.79 Å². The molecule has 2 aromatic heterocycles. The Bertz CT molecular complexity index is 750. The van der Waals surface area contributed by atoms with Gasteiger partial charge >= 0.3 is 0 Å². The van der Waals surface area contributed by atoms with Crippen LogP contribution in [0.4, 0.5) is 5.82 Å². The van der Waals surface area contributed by atoms with Crippen molar-refractivity contribution in [3.8, 4) is 0 Å². The van der Waals surface area contributed by atoms with E-state index in [4.69, 9.17) is 0 Å². The summed E-state index contributed by atoms with van der Waals surface area (Å²) < 4.78 is 0. The summed E-state index contributed by atoms with van der Waals surface area (Å²) in [5, 5.41) is 9.86. The van der Waals surface area contributed by atoms with Crippen molar-refractivity contribution in [2.75, 3.05) is 25.1 Å². The van der Waals surface area contributed by atoms with Gasteiger partial charge in [-0.3, -0.25) is 9.78 Å². The molecule has 0 radical (unpaired) electrons. The van der Waals surface area contributed by atoms with Crippen LogP contribution in [0.1, 0.15) is 24.6 Å². The zero-order valence-electron chi connectivity index (χ0n) is 14.6. The highest BCUT2D eigenvalue weighted by Crippen LogP contribution is 2.31. The fraction of sp³-hybridized carbons (Fsp3) is 0.333. The van der Waals surface area contributed by atoms with Gasteiger partial charge in [0.2, 0.25) is 0 Å². The van der Waals surface area contributed by atoms with Crippen LogP contribution in [0, 0.1) is 6.92 Å². The third kappa shape index (κ3) is 4.87. The second kappa shape index (κ2) is 9.29. The summed E-state index contributed by atoms with van der Waals surface area (Å²) in [5.74, 6) is 0.639. The van der Waals surface area contributed by atoms with E-state index in [0.717, 1.165) is 23.3 Å². The molecule has 0 bridgehead atoms. The normalized spacial score (nSPS) is 11.4. The van der Waals surface area contributed by atoms with Gasteiger partial charge in [0.25, 0.3) is 0 Å². The molecule has 0 aromatic carbocycles. The Labute approximate surface area is 152 Å². The van der Waals surface area contributed by atoms with Gasteiger partial charge in [-0.05, 0) is 37.2 Å². The molecule has 0 amide bonds. The molecule has 6 nitrogen and oxygen atoms in total. The fourth-order valence-corrected chi connectivity index (χ4v) is 3.18. The molecule has 0 atom stereocenters. The first-order valence-electron chi connectivity index (χ1n) is 8.04. The molecule has 0 unspecified atom stereocenters. The van der Waals surface area contributed by atoms with Gasteiger partial charge in [-0.2, -0.15) is 0 Å². The van der Waals surface area contributed by atoms with Crippen molar-refractivity contribution < 1.29 is 9.90 Å². The predicted octanol–water partition coefficient (Wildman–Crippen LogP) is 2.75. The Kier molecular flexibility index (Phi) is 7.09. The average Bonchev–Trinajstić information content (AvgIpc) is 2.61. The number of carbonyl (C=O) groups excluding carboxylic acids is 1. The van der Waals surface area contributed by atoms with Gasteiger partial charge in [-0.1, -0.05) is 13.0 Å². The van der Waals surface area contributed by atoms with Gasteiger partial charge in [0.05, 0.1) is 12.3 Å². The Morgan fingerprint density at radius 2 is 2.20 bits per heavy atom. The van der Waals surface area contributed by atoms with Gasteiger partial charge in [0, 0.05) is 42.0 Å². The van der Waals surface area contributed by atoms with Crippen LogP contribution >= 0.6 is 11.8 Å². The number of aliphatic hydroxyl groups is 1. The molecule has 0 saturated heterocycles. The molecule has 25 heavy (non-hydrogen) atoms. The quantitative estimate of drug-likeness (QED) is 0.441. The zero-order valence-corrected chi connectivity index (χ0v) is 15.5. The van der Waals surface area contributed by atoms with Crippen LogP contribution in [-0.4, -0.2) is 46.5 Å². The average molecular weight is 358 g/mol. The van der Waals surface area contributed by atoms with E-state index >= 15 is 0 Å². The summed E-state index contributed by atoms with van der Waals surface area (Å²) >= 11 is 1.41. The molecule has 0 spiro atoms. The number of hydrogen-bond acceptors (Lipinski definition) is 7. The molecule has 0 aliphatic carbocycles. The van der Waals surface area contributed by atoms with E-state index in [1.807, 2.05) is 44.0 Å². The van der Waals surface area contributed by atoms with Crippen LogP contribution in [0.15, 0.2) is 40.7 Å². The third-order valence-electron chi connectivity index (χ3n) is 3.53. The maximum atomic E-state index is 11.6. The Balaban J connectivity index is 2.52. The van der Waals surface area contributed by atoms with Gasteiger partial charge < -0.3 is 10.0 Å². The highest BCUT2D eigenvalue weighted by Gasteiger charge is 2.18. The molecule has 7 heteroatoms. The molecular formula is C18H22N4O2S. The lowest BCUT2D eigenvalue weighted by Crippen LogP contribution is -2.24. The molecule has 2 rings (SSSR count). The number of likely N-dealkylation sites (N-methyl/N-ethyl adjacent to an activating group) is 1. The molecule has 132 valence electrons. The number of nitrogens with zero attached hydrogens (tertiary/aromatic N) is 4. The van der Waals surface area contributed by atoms with E-state index in [-0.39, 0.29) is 6.61 Å². The van der Waals surface area contributed by atoms with E-state index in [1.165, 1.54) is 11.8 Å². The monoisotopic (exact) mass is 358 g/mol. The van der Waals surface area contributed by atoms with Crippen molar-refractivity contribution >= 4 is 29.4 Å². The van der Waals surface area contributed by atoms with E-state index in [0.29, 0.717) is 28.7 Å². The van der Waals surface area contributed by atoms with Crippen molar-refractivity contribution in [3.05, 3.63) is 41.9 Å². The van der Waals surface area contributed by atoms with Gasteiger partial charge in [0.15, 0.2) is 11.4 Å². The molecule has 1 N–H and O–H groups in total. The second-order valence-electron chi connectivity index (χ2n) is 5.41. The number of pyridine rings is 1. The smallest absolute Gasteiger partial charge is 0.194 e. The maximum Gasteiger partial charge on any atom is 0.194 e. The number of anilines is 1. The molecular weight excluding hydrogens is 336 g/mol. The first-order chi connectivity index (χ1) is 12.1. The number of carbonyl (C=O) groups is 1. The van der Waals surface area contributed by atoms with Crippen LogP contribution < -0.4 is 4.90 Å². The topological polar surface area (TPSA) is 79.2 Å².